The maximum atomic E-state index is 13.1. The van der Waals surface area contributed by atoms with Gasteiger partial charge in [0.15, 0.2) is 5.82 Å². The molecule has 3 aromatic rings. The third-order valence-corrected chi connectivity index (χ3v) is 4.59. The van der Waals surface area contributed by atoms with Crippen molar-refractivity contribution in [3.05, 3.63) is 76.7 Å². The van der Waals surface area contributed by atoms with Crippen molar-refractivity contribution in [1.29, 1.82) is 0 Å². The fraction of sp³-hybridized carbons (Fsp3) is 0.200. The molecule has 1 atom stereocenters. The van der Waals surface area contributed by atoms with E-state index < -0.39 is 0 Å². The molecule has 1 amide bonds. The van der Waals surface area contributed by atoms with E-state index in [1.54, 1.807) is 12.1 Å². The standard InChI is InChI=1S/C20H18FN3O2/c1-12-19-16(10-18(25)22-20(19)24-23-12)15-4-2-3-5-17(15)26-11-13-6-8-14(21)9-7-13/h2-9,16H,10-11H2,1H3,(H2,22,23,24,25). The van der Waals surface area contributed by atoms with E-state index in [4.69, 9.17) is 4.74 Å². The Morgan fingerprint density at radius 3 is 2.77 bits per heavy atom. The van der Waals surface area contributed by atoms with Crippen molar-refractivity contribution in [3.8, 4) is 5.75 Å². The third kappa shape index (κ3) is 3.06. The van der Waals surface area contributed by atoms with Gasteiger partial charge < -0.3 is 10.1 Å². The van der Waals surface area contributed by atoms with E-state index in [1.807, 2.05) is 31.2 Å². The van der Waals surface area contributed by atoms with Gasteiger partial charge in [0.05, 0.1) is 0 Å². The molecular formula is C20H18FN3O2. The number of ether oxygens (including phenoxy) is 1. The van der Waals surface area contributed by atoms with Crippen LogP contribution in [0.25, 0.3) is 0 Å². The number of amides is 1. The minimum Gasteiger partial charge on any atom is -0.489 e. The molecule has 1 unspecified atom stereocenters. The van der Waals surface area contributed by atoms with E-state index in [-0.39, 0.29) is 17.6 Å². The van der Waals surface area contributed by atoms with Gasteiger partial charge in [-0.15, -0.1) is 0 Å². The number of carbonyl (C=O) groups is 1. The molecule has 0 aliphatic carbocycles. The van der Waals surface area contributed by atoms with E-state index in [0.717, 1.165) is 22.4 Å². The second-order valence-corrected chi connectivity index (χ2v) is 6.37. The Morgan fingerprint density at radius 1 is 1.19 bits per heavy atom. The fourth-order valence-corrected chi connectivity index (χ4v) is 3.34. The van der Waals surface area contributed by atoms with Gasteiger partial charge in [-0.25, -0.2) is 4.39 Å². The van der Waals surface area contributed by atoms with Crippen LogP contribution in [-0.2, 0) is 11.4 Å². The van der Waals surface area contributed by atoms with E-state index >= 15 is 0 Å². The Bertz CT molecular complexity index is 950. The Hall–Kier alpha value is -3.15. The van der Waals surface area contributed by atoms with Gasteiger partial charge in [0, 0.05) is 29.2 Å². The first-order valence-electron chi connectivity index (χ1n) is 8.42. The number of carbonyl (C=O) groups excluding carboxylic acids is 1. The largest absolute Gasteiger partial charge is 0.489 e. The van der Waals surface area contributed by atoms with Crippen LogP contribution in [0, 0.1) is 12.7 Å². The van der Waals surface area contributed by atoms with Crippen molar-refractivity contribution in [2.24, 2.45) is 0 Å². The number of aromatic amines is 1. The van der Waals surface area contributed by atoms with Gasteiger partial charge in [0.25, 0.3) is 0 Å². The predicted molar refractivity (Wildman–Crippen MR) is 95.6 cm³/mol. The topological polar surface area (TPSA) is 67.0 Å². The summed E-state index contributed by atoms with van der Waals surface area (Å²) in [6.45, 7) is 2.27. The lowest BCUT2D eigenvalue weighted by Crippen LogP contribution is -2.23. The van der Waals surface area contributed by atoms with Crippen LogP contribution in [0.4, 0.5) is 10.2 Å². The number of hydrogen-bond donors (Lipinski definition) is 2. The third-order valence-electron chi connectivity index (χ3n) is 4.59. The molecule has 4 rings (SSSR count). The smallest absolute Gasteiger partial charge is 0.226 e. The summed E-state index contributed by atoms with van der Waals surface area (Å²) < 4.78 is 19.1. The van der Waals surface area contributed by atoms with Crippen molar-refractivity contribution in [2.45, 2.75) is 25.9 Å². The summed E-state index contributed by atoms with van der Waals surface area (Å²) in [6.07, 6.45) is 0.338. The van der Waals surface area contributed by atoms with Gasteiger partial charge in [0.2, 0.25) is 5.91 Å². The van der Waals surface area contributed by atoms with Gasteiger partial charge in [-0.1, -0.05) is 30.3 Å². The molecular weight excluding hydrogens is 333 g/mol. The Morgan fingerprint density at radius 2 is 1.96 bits per heavy atom. The zero-order chi connectivity index (χ0) is 18.1. The molecule has 26 heavy (non-hydrogen) atoms. The number of fused-ring (bicyclic) bond motifs is 1. The Balaban J connectivity index is 1.65. The molecule has 0 saturated carbocycles. The number of nitrogens with zero attached hydrogens (tertiary/aromatic N) is 1. The molecule has 0 saturated heterocycles. The average molecular weight is 351 g/mol. The fourth-order valence-electron chi connectivity index (χ4n) is 3.34. The monoisotopic (exact) mass is 351 g/mol. The molecule has 1 aliphatic heterocycles. The molecule has 2 heterocycles. The minimum atomic E-state index is -0.273. The molecule has 1 aliphatic rings. The number of benzene rings is 2. The summed E-state index contributed by atoms with van der Waals surface area (Å²) in [5.41, 5.74) is 3.73. The van der Waals surface area contributed by atoms with Crippen LogP contribution in [-0.4, -0.2) is 16.1 Å². The second kappa shape index (κ2) is 6.63. The van der Waals surface area contributed by atoms with Crippen molar-refractivity contribution >= 4 is 11.7 Å². The first kappa shape index (κ1) is 16.3. The lowest BCUT2D eigenvalue weighted by molar-refractivity contribution is -0.116. The van der Waals surface area contributed by atoms with Crippen LogP contribution in [0.1, 0.15) is 34.7 Å². The number of aromatic nitrogens is 2. The van der Waals surface area contributed by atoms with Crippen LogP contribution >= 0.6 is 0 Å². The van der Waals surface area contributed by atoms with E-state index in [9.17, 15) is 9.18 Å². The van der Waals surface area contributed by atoms with E-state index in [0.29, 0.717) is 24.6 Å². The molecule has 132 valence electrons. The van der Waals surface area contributed by atoms with Crippen LogP contribution in [0.15, 0.2) is 48.5 Å². The molecule has 5 nitrogen and oxygen atoms in total. The Kier molecular flexibility index (Phi) is 4.16. The summed E-state index contributed by atoms with van der Waals surface area (Å²) in [5, 5.41) is 9.93. The molecule has 0 spiro atoms. The average Bonchev–Trinajstić information content (AvgIpc) is 3.01. The van der Waals surface area contributed by atoms with Crippen LogP contribution < -0.4 is 10.1 Å². The number of halogens is 1. The number of hydrogen-bond acceptors (Lipinski definition) is 3. The number of H-pyrrole nitrogens is 1. The van der Waals surface area contributed by atoms with Crippen LogP contribution in [0.3, 0.4) is 0 Å². The molecule has 6 heteroatoms. The van der Waals surface area contributed by atoms with Crippen LogP contribution in [0.5, 0.6) is 5.75 Å². The number of aryl methyl sites for hydroxylation is 1. The number of rotatable bonds is 4. The summed E-state index contributed by atoms with van der Waals surface area (Å²) in [5.74, 6) is 0.828. The highest BCUT2D eigenvalue weighted by Crippen LogP contribution is 2.41. The molecule has 1 aromatic heterocycles. The predicted octanol–water partition coefficient (Wildman–Crippen LogP) is 3.91. The van der Waals surface area contributed by atoms with Gasteiger partial charge in [-0.05, 0) is 30.7 Å². The summed E-state index contributed by atoms with van der Waals surface area (Å²) in [4.78, 5) is 12.1. The van der Waals surface area contributed by atoms with Crippen LogP contribution in [0.2, 0.25) is 0 Å². The van der Waals surface area contributed by atoms with Crippen molar-refractivity contribution in [2.75, 3.05) is 5.32 Å². The quantitative estimate of drug-likeness (QED) is 0.749. The van der Waals surface area contributed by atoms with Gasteiger partial charge in [-0.2, -0.15) is 5.10 Å². The summed E-state index contributed by atoms with van der Waals surface area (Å²) in [7, 11) is 0. The van der Waals surface area contributed by atoms with E-state index in [2.05, 4.69) is 15.5 Å². The lowest BCUT2D eigenvalue weighted by Gasteiger charge is -2.24. The molecule has 0 bridgehead atoms. The van der Waals surface area contributed by atoms with Crippen molar-refractivity contribution in [1.82, 2.24) is 10.2 Å². The van der Waals surface area contributed by atoms with Crippen molar-refractivity contribution in [3.63, 3.8) is 0 Å². The highest BCUT2D eigenvalue weighted by molar-refractivity contribution is 5.94. The molecule has 2 aromatic carbocycles. The highest BCUT2D eigenvalue weighted by atomic mass is 19.1. The number of nitrogens with one attached hydrogen (secondary N) is 2. The maximum absolute atomic E-state index is 13.1. The number of para-hydroxylation sites is 1. The maximum Gasteiger partial charge on any atom is 0.226 e. The minimum absolute atomic E-state index is 0.0673. The highest BCUT2D eigenvalue weighted by Gasteiger charge is 2.32. The van der Waals surface area contributed by atoms with Crippen molar-refractivity contribution < 1.29 is 13.9 Å². The van der Waals surface area contributed by atoms with Gasteiger partial charge >= 0.3 is 0 Å². The molecule has 0 fully saturated rings. The molecule has 0 radical (unpaired) electrons. The number of anilines is 1. The normalized spacial score (nSPS) is 16.1. The zero-order valence-electron chi connectivity index (χ0n) is 14.3. The molecule has 2 N–H and O–H groups in total. The van der Waals surface area contributed by atoms with Gasteiger partial charge in [0.1, 0.15) is 18.2 Å². The zero-order valence-corrected chi connectivity index (χ0v) is 14.3. The first-order chi connectivity index (χ1) is 12.6. The van der Waals surface area contributed by atoms with Gasteiger partial charge in [-0.3, -0.25) is 9.89 Å². The summed E-state index contributed by atoms with van der Waals surface area (Å²) in [6, 6.07) is 13.9. The van der Waals surface area contributed by atoms with E-state index in [1.165, 1.54) is 12.1 Å². The second-order valence-electron chi connectivity index (χ2n) is 6.37. The Labute approximate surface area is 150 Å². The summed E-state index contributed by atoms with van der Waals surface area (Å²) >= 11 is 0. The lowest BCUT2D eigenvalue weighted by atomic mass is 9.85. The first-order valence-corrected chi connectivity index (χ1v) is 8.42. The SMILES string of the molecule is Cc1[nH]nc2c1C(c1ccccc1OCc1ccc(F)cc1)CC(=O)N2.